The van der Waals surface area contributed by atoms with Gasteiger partial charge in [0.2, 0.25) is 0 Å². The molecular formula is C25H42O4. The number of hydrogen-bond donors (Lipinski definition) is 3. The lowest BCUT2D eigenvalue weighted by Gasteiger charge is -2.62. The first-order valence-corrected chi connectivity index (χ1v) is 12.3. The molecule has 4 aliphatic carbocycles. The van der Waals surface area contributed by atoms with Gasteiger partial charge in [-0.1, -0.05) is 20.8 Å². The highest BCUT2D eigenvalue weighted by atomic mass is 16.4. The van der Waals surface area contributed by atoms with Crippen LogP contribution in [0.4, 0.5) is 0 Å². The fourth-order valence-corrected chi connectivity index (χ4v) is 9.07. The Morgan fingerprint density at radius 2 is 1.59 bits per heavy atom. The molecule has 0 bridgehead atoms. The third-order valence-electron chi connectivity index (χ3n) is 10.5. The van der Waals surface area contributed by atoms with E-state index >= 15 is 0 Å². The second-order valence-electron chi connectivity index (χ2n) is 11.7. The first kappa shape index (κ1) is 21.6. The number of aliphatic hydroxyl groups is 2. The van der Waals surface area contributed by atoms with E-state index in [4.69, 9.17) is 5.11 Å². The van der Waals surface area contributed by atoms with Gasteiger partial charge >= 0.3 is 5.97 Å². The van der Waals surface area contributed by atoms with Gasteiger partial charge in [-0.05, 0) is 111 Å². The summed E-state index contributed by atoms with van der Waals surface area (Å²) in [5.41, 5.74) is 0.591. The van der Waals surface area contributed by atoms with Crippen molar-refractivity contribution in [1.82, 2.24) is 0 Å². The van der Waals surface area contributed by atoms with E-state index in [-0.39, 0.29) is 11.3 Å². The van der Waals surface area contributed by atoms with E-state index < -0.39 is 18.2 Å². The molecule has 4 rings (SSSR count). The highest BCUT2D eigenvalue weighted by Crippen LogP contribution is 2.68. The zero-order chi connectivity index (χ0) is 21.0. The molecule has 0 unspecified atom stereocenters. The van der Waals surface area contributed by atoms with E-state index in [2.05, 4.69) is 20.8 Å². The molecule has 0 radical (unpaired) electrons. The maximum Gasteiger partial charge on any atom is 0.303 e. The molecule has 0 aromatic carbocycles. The molecule has 166 valence electrons. The average Bonchev–Trinajstić information content (AvgIpc) is 3.02. The van der Waals surface area contributed by atoms with E-state index in [1.54, 1.807) is 0 Å². The van der Waals surface area contributed by atoms with Crippen molar-refractivity contribution in [3.8, 4) is 0 Å². The van der Waals surface area contributed by atoms with E-state index in [1.165, 1.54) is 32.1 Å². The summed E-state index contributed by atoms with van der Waals surface area (Å²) < 4.78 is 0. The van der Waals surface area contributed by atoms with Gasteiger partial charge in [0.1, 0.15) is 0 Å². The molecule has 3 N–H and O–H groups in total. The number of hydrogen-bond acceptors (Lipinski definition) is 3. The van der Waals surface area contributed by atoms with Crippen LogP contribution < -0.4 is 0 Å². The molecule has 4 nitrogen and oxygen atoms in total. The minimum atomic E-state index is -0.669. The number of aliphatic hydroxyl groups excluding tert-OH is 2. The monoisotopic (exact) mass is 406 g/mol. The molecule has 10 atom stereocenters. The van der Waals surface area contributed by atoms with Gasteiger partial charge in [0.05, 0.1) is 12.2 Å². The highest BCUT2D eigenvalue weighted by molar-refractivity contribution is 5.66. The Bertz CT molecular complexity index is 620. The molecule has 0 saturated heterocycles. The van der Waals surface area contributed by atoms with Crippen molar-refractivity contribution in [2.45, 2.75) is 104 Å². The third-order valence-corrected chi connectivity index (χ3v) is 10.5. The predicted octanol–water partition coefficient (Wildman–Crippen LogP) is 4.87. The summed E-state index contributed by atoms with van der Waals surface area (Å²) in [6.07, 6.45) is 10.4. The van der Waals surface area contributed by atoms with Crippen LogP contribution in [0, 0.1) is 46.3 Å². The Kier molecular flexibility index (Phi) is 5.83. The van der Waals surface area contributed by atoms with Crippen molar-refractivity contribution in [2.24, 2.45) is 46.3 Å². The van der Waals surface area contributed by atoms with Crippen LogP contribution in [0.25, 0.3) is 0 Å². The lowest BCUT2D eigenvalue weighted by molar-refractivity contribution is -0.174. The number of carbonyl (C=O) groups is 1. The molecule has 0 aromatic rings. The minimum Gasteiger partial charge on any atom is -0.481 e. The maximum absolute atomic E-state index is 10.9. The molecular weight excluding hydrogens is 364 g/mol. The standard InChI is InChI=1S/C25H42O4/c1-15(5-4-6-22(27)28)17-9-10-18-16-7-8-20-23(29)21(26)12-14-25(20,3)19(16)11-13-24(17,18)2/h15-21,23,26,29H,4-14H2,1-3H3,(H,27,28)/t15-,16+,17-,18+,19+,20+,21+,23-,24-,25-/m1/s1. The molecule has 29 heavy (non-hydrogen) atoms. The number of carboxylic acid groups (broad SMARTS) is 1. The quantitative estimate of drug-likeness (QED) is 0.609. The molecule has 0 amide bonds. The van der Waals surface area contributed by atoms with Gasteiger partial charge in [0.25, 0.3) is 0 Å². The van der Waals surface area contributed by atoms with Crippen molar-refractivity contribution in [3.05, 3.63) is 0 Å². The zero-order valence-corrected chi connectivity index (χ0v) is 18.6. The van der Waals surface area contributed by atoms with Gasteiger partial charge in [0.15, 0.2) is 0 Å². The topological polar surface area (TPSA) is 77.8 Å². The molecule has 4 saturated carbocycles. The number of aliphatic carboxylic acids is 1. The van der Waals surface area contributed by atoms with Gasteiger partial charge in [0, 0.05) is 6.42 Å². The van der Waals surface area contributed by atoms with Crippen LogP contribution in [0.3, 0.4) is 0 Å². The van der Waals surface area contributed by atoms with Crippen LogP contribution in [0.15, 0.2) is 0 Å². The van der Waals surface area contributed by atoms with Gasteiger partial charge < -0.3 is 15.3 Å². The molecule has 0 aromatic heterocycles. The average molecular weight is 407 g/mol. The van der Waals surface area contributed by atoms with Crippen LogP contribution in [0.5, 0.6) is 0 Å². The second kappa shape index (κ2) is 7.82. The second-order valence-corrected chi connectivity index (χ2v) is 11.7. The normalized spacial score (nSPS) is 50.3. The Hall–Kier alpha value is -0.610. The van der Waals surface area contributed by atoms with Crippen molar-refractivity contribution in [2.75, 3.05) is 0 Å². The third kappa shape index (κ3) is 3.46. The number of fused-ring (bicyclic) bond motifs is 5. The lowest BCUT2D eigenvalue weighted by Crippen LogP contribution is -2.58. The first-order valence-electron chi connectivity index (χ1n) is 12.3. The van der Waals surface area contributed by atoms with Crippen LogP contribution >= 0.6 is 0 Å². The summed E-state index contributed by atoms with van der Waals surface area (Å²) in [6.45, 7) is 7.34. The summed E-state index contributed by atoms with van der Waals surface area (Å²) in [4.78, 5) is 10.9. The summed E-state index contributed by atoms with van der Waals surface area (Å²) in [6, 6.07) is 0. The van der Waals surface area contributed by atoms with Gasteiger partial charge in [-0.25, -0.2) is 0 Å². The van der Waals surface area contributed by atoms with Gasteiger partial charge in [-0.15, -0.1) is 0 Å². The van der Waals surface area contributed by atoms with Gasteiger partial charge in [-0.2, -0.15) is 0 Å². The molecule has 0 aliphatic heterocycles. The fourth-order valence-electron chi connectivity index (χ4n) is 9.07. The Balaban J connectivity index is 1.48. The molecule has 0 heterocycles. The largest absolute Gasteiger partial charge is 0.481 e. The van der Waals surface area contributed by atoms with Crippen molar-refractivity contribution >= 4 is 5.97 Å². The molecule has 4 heteroatoms. The highest BCUT2D eigenvalue weighted by Gasteiger charge is 2.61. The van der Waals surface area contributed by atoms with Crippen molar-refractivity contribution < 1.29 is 20.1 Å². The van der Waals surface area contributed by atoms with Crippen LogP contribution in [-0.4, -0.2) is 33.5 Å². The number of rotatable bonds is 5. The smallest absolute Gasteiger partial charge is 0.303 e. The molecule has 0 spiro atoms. The SMILES string of the molecule is C[C@H](CCCC(=O)O)[C@H]1CC[C@H]2[C@@H]3CC[C@H]4[C@@H](O)[C@@H](O)CC[C@]4(C)[C@H]3CC[C@]12C. The minimum absolute atomic E-state index is 0.189. The van der Waals surface area contributed by atoms with E-state index in [1.807, 2.05) is 0 Å². The lowest BCUT2D eigenvalue weighted by atomic mass is 9.44. The van der Waals surface area contributed by atoms with Crippen LogP contribution in [0.1, 0.15) is 91.4 Å². The number of carboxylic acids is 1. The first-order chi connectivity index (χ1) is 13.7. The van der Waals surface area contributed by atoms with Crippen LogP contribution in [0.2, 0.25) is 0 Å². The summed E-state index contributed by atoms with van der Waals surface area (Å²) in [7, 11) is 0. The molecule has 4 aliphatic rings. The van der Waals surface area contributed by atoms with E-state index in [0.29, 0.717) is 23.7 Å². The summed E-state index contributed by atoms with van der Waals surface area (Å²) in [5, 5.41) is 29.9. The van der Waals surface area contributed by atoms with Crippen molar-refractivity contribution in [3.63, 3.8) is 0 Å². The summed E-state index contributed by atoms with van der Waals surface area (Å²) in [5.74, 6) is 3.19. The Labute approximate surface area is 176 Å². The zero-order valence-electron chi connectivity index (χ0n) is 18.6. The van der Waals surface area contributed by atoms with Gasteiger partial charge in [-0.3, -0.25) is 4.79 Å². The summed E-state index contributed by atoms with van der Waals surface area (Å²) >= 11 is 0. The van der Waals surface area contributed by atoms with E-state index in [0.717, 1.165) is 49.9 Å². The fraction of sp³-hybridized carbons (Fsp3) is 0.960. The van der Waals surface area contributed by atoms with E-state index in [9.17, 15) is 15.0 Å². The maximum atomic E-state index is 10.9. The predicted molar refractivity (Wildman–Crippen MR) is 113 cm³/mol. The Morgan fingerprint density at radius 3 is 2.31 bits per heavy atom. The Morgan fingerprint density at radius 1 is 0.931 bits per heavy atom. The van der Waals surface area contributed by atoms with Crippen LogP contribution in [-0.2, 0) is 4.79 Å². The molecule has 4 fully saturated rings. The van der Waals surface area contributed by atoms with Crippen molar-refractivity contribution in [1.29, 1.82) is 0 Å².